The van der Waals surface area contributed by atoms with Gasteiger partial charge in [0.15, 0.2) is 5.11 Å². The van der Waals surface area contributed by atoms with Crippen LogP contribution in [0, 0.1) is 0 Å². The Bertz CT molecular complexity index is 1170. The first-order valence-electron chi connectivity index (χ1n) is 10.9. The Morgan fingerprint density at radius 3 is 2.53 bits per heavy atom. The zero-order valence-electron chi connectivity index (χ0n) is 19.0. The number of rotatable bonds is 8. The molecule has 3 rings (SSSR count). The number of hydrogen-bond acceptors (Lipinski definition) is 4. The number of carbonyl (C=O) groups is 2. The molecule has 0 aliphatic carbocycles. The zero-order chi connectivity index (χ0) is 24.5. The molecule has 0 radical (unpaired) electrons. The van der Waals surface area contributed by atoms with Gasteiger partial charge in [0.25, 0.3) is 11.8 Å². The van der Waals surface area contributed by atoms with Crippen molar-refractivity contribution in [3.8, 4) is 5.75 Å². The van der Waals surface area contributed by atoms with Gasteiger partial charge in [-0.1, -0.05) is 53.5 Å². The number of carbonyl (C=O) groups excluding carboxylic acids is 2. The number of unbranched alkanes of at least 4 members (excludes halogenated alkanes) is 1. The van der Waals surface area contributed by atoms with Gasteiger partial charge in [-0.3, -0.25) is 14.9 Å². The lowest BCUT2D eigenvalue weighted by Gasteiger charge is -2.18. The molecule has 0 saturated heterocycles. The average molecular weight is 540 g/mol. The molecule has 3 aromatic rings. The summed E-state index contributed by atoms with van der Waals surface area (Å²) < 4.78 is 6.52. The van der Waals surface area contributed by atoms with E-state index in [0.29, 0.717) is 29.2 Å². The van der Waals surface area contributed by atoms with E-state index >= 15 is 0 Å². The van der Waals surface area contributed by atoms with Crippen LogP contribution in [0.1, 0.15) is 40.5 Å². The van der Waals surface area contributed by atoms with Crippen LogP contribution in [0.25, 0.3) is 0 Å². The second-order valence-electron chi connectivity index (χ2n) is 7.53. The molecule has 0 heterocycles. The molecule has 0 aliphatic rings. The summed E-state index contributed by atoms with van der Waals surface area (Å²) in [7, 11) is 1.72. The van der Waals surface area contributed by atoms with Crippen LogP contribution in [-0.4, -0.2) is 30.6 Å². The van der Waals surface area contributed by atoms with Crippen LogP contribution >= 0.6 is 28.1 Å². The van der Waals surface area contributed by atoms with E-state index in [1.165, 1.54) is 0 Å². The van der Waals surface area contributed by atoms with Gasteiger partial charge in [-0.2, -0.15) is 0 Å². The average Bonchev–Trinajstić information content (AvgIpc) is 2.84. The summed E-state index contributed by atoms with van der Waals surface area (Å²) in [6.07, 6.45) is 1.89. The molecule has 3 aromatic carbocycles. The SMILES string of the molecule is CCCCOc1ccc(Br)cc1C(=O)NC(=S)Nc1cccc(C(=O)N(C)c2ccccc2)c1. The largest absolute Gasteiger partial charge is 0.493 e. The number of amides is 2. The number of thiocarbonyl (C=S) groups is 1. The minimum absolute atomic E-state index is 0.116. The van der Waals surface area contributed by atoms with Crippen LogP contribution in [0.5, 0.6) is 5.75 Å². The molecule has 2 N–H and O–H groups in total. The number of para-hydroxylation sites is 1. The highest BCUT2D eigenvalue weighted by atomic mass is 79.9. The van der Waals surface area contributed by atoms with Gasteiger partial charge in [-0.15, -0.1) is 0 Å². The van der Waals surface area contributed by atoms with E-state index in [1.54, 1.807) is 48.3 Å². The Balaban J connectivity index is 1.67. The number of nitrogens with zero attached hydrogens (tertiary/aromatic N) is 1. The van der Waals surface area contributed by atoms with Gasteiger partial charge in [0.1, 0.15) is 5.75 Å². The highest BCUT2D eigenvalue weighted by molar-refractivity contribution is 9.10. The van der Waals surface area contributed by atoms with Crippen molar-refractivity contribution < 1.29 is 14.3 Å². The van der Waals surface area contributed by atoms with Crippen molar-refractivity contribution in [2.24, 2.45) is 0 Å². The summed E-state index contributed by atoms with van der Waals surface area (Å²) in [6.45, 7) is 2.60. The fourth-order valence-corrected chi connectivity index (χ4v) is 3.73. The molecule has 2 amide bonds. The van der Waals surface area contributed by atoms with E-state index in [0.717, 1.165) is 23.0 Å². The van der Waals surface area contributed by atoms with E-state index < -0.39 is 0 Å². The lowest BCUT2D eigenvalue weighted by atomic mass is 10.1. The summed E-state index contributed by atoms with van der Waals surface area (Å²) in [5, 5.41) is 5.78. The first-order chi connectivity index (χ1) is 16.4. The third kappa shape index (κ3) is 6.88. The highest BCUT2D eigenvalue weighted by Crippen LogP contribution is 2.24. The number of anilines is 2. The molecule has 176 valence electrons. The first kappa shape index (κ1) is 25.4. The molecule has 0 fully saturated rings. The maximum absolute atomic E-state index is 12.9. The van der Waals surface area contributed by atoms with Crippen LogP contribution in [0.4, 0.5) is 11.4 Å². The summed E-state index contributed by atoms with van der Waals surface area (Å²) in [6, 6.07) is 21.6. The van der Waals surface area contributed by atoms with Crippen LogP contribution in [-0.2, 0) is 0 Å². The van der Waals surface area contributed by atoms with Crippen molar-refractivity contribution in [3.63, 3.8) is 0 Å². The van der Waals surface area contributed by atoms with Crippen molar-refractivity contribution in [2.75, 3.05) is 23.9 Å². The molecule has 0 unspecified atom stereocenters. The van der Waals surface area contributed by atoms with Gasteiger partial charge in [-0.05, 0) is 67.2 Å². The summed E-state index contributed by atoms with van der Waals surface area (Å²) >= 11 is 8.74. The van der Waals surface area contributed by atoms with Crippen molar-refractivity contribution in [1.29, 1.82) is 0 Å². The second kappa shape index (κ2) is 12.3. The van der Waals surface area contributed by atoms with E-state index in [9.17, 15) is 9.59 Å². The Morgan fingerprint density at radius 2 is 1.79 bits per heavy atom. The topological polar surface area (TPSA) is 70.7 Å². The van der Waals surface area contributed by atoms with Gasteiger partial charge in [0.2, 0.25) is 0 Å². The zero-order valence-corrected chi connectivity index (χ0v) is 21.4. The Kier molecular flexibility index (Phi) is 9.18. The first-order valence-corrected chi connectivity index (χ1v) is 12.1. The smallest absolute Gasteiger partial charge is 0.261 e. The van der Waals surface area contributed by atoms with Crippen molar-refractivity contribution in [3.05, 3.63) is 88.4 Å². The maximum atomic E-state index is 12.9. The van der Waals surface area contributed by atoms with Crippen LogP contribution in [0.2, 0.25) is 0 Å². The van der Waals surface area contributed by atoms with Gasteiger partial charge in [0.05, 0.1) is 12.2 Å². The molecule has 34 heavy (non-hydrogen) atoms. The molecular weight excluding hydrogens is 514 g/mol. The minimum Gasteiger partial charge on any atom is -0.493 e. The standard InChI is InChI=1S/C26H26BrN3O3S/c1-3-4-15-33-23-14-13-19(27)17-22(23)24(31)29-26(34)28-20-10-8-9-18(16-20)25(32)30(2)21-11-6-5-7-12-21/h5-14,16-17H,3-4,15H2,1-2H3,(H2,28,29,31,34). The Morgan fingerprint density at radius 1 is 1.03 bits per heavy atom. The predicted octanol–water partition coefficient (Wildman–Crippen LogP) is 6.03. The third-order valence-corrected chi connectivity index (χ3v) is 5.68. The quantitative estimate of drug-likeness (QED) is 0.270. The van der Waals surface area contributed by atoms with E-state index in [2.05, 4.69) is 33.5 Å². The summed E-state index contributed by atoms with van der Waals surface area (Å²) in [5.74, 6) is -0.0531. The number of halogens is 1. The third-order valence-electron chi connectivity index (χ3n) is 4.98. The summed E-state index contributed by atoms with van der Waals surface area (Å²) in [5.41, 5.74) is 2.25. The second-order valence-corrected chi connectivity index (χ2v) is 8.86. The van der Waals surface area contributed by atoms with Crippen LogP contribution in [0.3, 0.4) is 0 Å². The monoisotopic (exact) mass is 539 g/mol. The van der Waals surface area contributed by atoms with E-state index in [4.69, 9.17) is 17.0 Å². The fraction of sp³-hybridized carbons (Fsp3) is 0.192. The number of ether oxygens (including phenoxy) is 1. The van der Waals surface area contributed by atoms with Crippen molar-refractivity contribution in [1.82, 2.24) is 5.32 Å². The molecular formula is C26H26BrN3O3S. The Hall–Kier alpha value is -3.23. The molecule has 0 saturated carbocycles. The number of benzene rings is 3. The summed E-state index contributed by atoms with van der Waals surface area (Å²) in [4.78, 5) is 27.3. The van der Waals surface area contributed by atoms with Crippen molar-refractivity contribution >= 4 is 56.4 Å². The predicted molar refractivity (Wildman–Crippen MR) is 144 cm³/mol. The maximum Gasteiger partial charge on any atom is 0.261 e. The van der Waals surface area contributed by atoms with Gasteiger partial charge in [0, 0.05) is 28.5 Å². The van der Waals surface area contributed by atoms with Crippen LogP contribution in [0.15, 0.2) is 77.3 Å². The van der Waals surface area contributed by atoms with E-state index in [-0.39, 0.29) is 16.9 Å². The molecule has 0 spiro atoms. The van der Waals surface area contributed by atoms with Gasteiger partial charge in [-0.25, -0.2) is 0 Å². The number of hydrogen-bond donors (Lipinski definition) is 2. The minimum atomic E-state index is -0.388. The number of nitrogens with one attached hydrogen (secondary N) is 2. The molecule has 0 atom stereocenters. The molecule has 0 aliphatic heterocycles. The Labute approximate surface area is 213 Å². The molecule has 6 nitrogen and oxygen atoms in total. The van der Waals surface area contributed by atoms with Crippen LogP contribution < -0.4 is 20.3 Å². The lowest BCUT2D eigenvalue weighted by Crippen LogP contribution is -2.34. The van der Waals surface area contributed by atoms with E-state index in [1.807, 2.05) is 36.4 Å². The molecule has 8 heteroatoms. The lowest BCUT2D eigenvalue weighted by molar-refractivity contribution is 0.0970. The van der Waals surface area contributed by atoms with Gasteiger partial charge >= 0.3 is 0 Å². The molecule has 0 bridgehead atoms. The normalized spacial score (nSPS) is 10.3. The van der Waals surface area contributed by atoms with Crippen molar-refractivity contribution in [2.45, 2.75) is 19.8 Å². The molecule has 0 aromatic heterocycles. The van der Waals surface area contributed by atoms with Gasteiger partial charge < -0.3 is 15.0 Å². The fourth-order valence-electron chi connectivity index (χ4n) is 3.16. The highest BCUT2D eigenvalue weighted by Gasteiger charge is 2.16.